The number of hydrogen-bond donors (Lipinski definition) is 2. The van der Waals surface area contributed by atoms with Crippen molar-refractivity contribution >= 4 is 28.6 Å². The van der Waals surface area contributed by atoms with Crippen LogP contribution in [0.3, 0.4) is 0 Å². The van der Waals surface area contributed by atoms with Gasteiger partial charge in [-0.25, -0.2) is 19.6 Å². The van der Waals surface area contributed by atoms with Crippen molar-refractivity contribution in [3.8, 4) is 11.3 Å². The Morgan fingerprint density at radius 2 is 1.91 bits per heavy atom. The Kier molecular flexibility index (Phi) is 5.59. The molecular formula is C23H21F3N8O. The molecular weight excluding hydrogens is 461 g/mol. The number of pyridine rings is 1. The Hall–Kier alpha value is -4.06. The van der Waals surface area contributed by atoms with E-state index >= 15 is 0 Å². The summed E-state index contributed by atoms with van der Waals surface area (Å²) in [7, 11) is 2.05. The van der Waals surface area contributed by atoms with Crippen molar-refractivity contribution in [3.63, 3.8) is 0 Å². The number of nitrogen functional groups attached to an aromatic ring is 1. The number of aromatic nitrogens is 5. The minimum Gasteiger partial charge on any atom is -0.383 e. The molecule has 0 aliphatic carbocycles. The summed E-state index contributed by atoms with van der Waals surface area (Å²) in [6.07, 6.45) is -1.19. The number of halogens is 3. The van der Waals surface area contributed by atoms with Crippen LogP contribution in [-0.4, -0.2) is 55.7 Å². The van der Waals surface area contributed by atoms with Crippen molar-refractivity contribution in [2.45, 2.75) is 18.6 Å². The van der Waals surface area contributed by atoms with Gasteiger partial charge in [0.05, 0.1) is 17.0 Å². The zero-order valence-corrected chi connectivity index (χ0v) is 18.6. The Labute approximate surface area is 197 Å². The highest BCUT2D eigenvalue weighted by Crippen LogP contribution is 2.34. The topological polar surface area (TPSA) is 115 Å². The summed E-state index contributed by atoms with van der Waals surface area (Å²) in [5.74, 6) is -0.472. The first-order chi connectivity index (χ1) is 16.7. The molecule has 9 nitrogen and oxygen atoms in total. The normalized spacial score (nSPS) is 16.6. The van der Waals surface area contributed by atoms with Crippen LogP contribution in [0.4, 0.5) is 24.8 Å². The third kappa shape index (κ3) is 4.39. The second-order valence-corrected chi connectivity index (χ2v) is 8.41. The SMILES string of the molecule is CN1CC[C@@H](n2nc(-c3ccc(C(=O)Nc4cc(C(F)(F)F)ccn4)cc3)c3c(N)ncnc32)C1. The van der Waals surface area contributed by atoms with Gasteiger partial charge in [0.25, 0.3) is 5.91 Å². The number of carbonyl (C=O) groups is 1. The summed E-state index contributed by atoms with van der Waals surface area (Å²) in [6, 6.07) is 8.30. The molecule has 1 aromatic carbocycles. The largest absolute Gasteiger partial charge is 0.416 e. The van der Waals surface area contributed by atoms with Crippen LogP contribution in [0.1, 0.15) is 28.4 Å². The zero-order chi connectivity index (χ0) is 24.7. The molecule has 0 bridgehead atoms. The number of nitrogens with one attached hydrogen (secondary N) is 1. The fourth-order valence-electron chi connectivity index (χ4n) is 4.21. The number of carbonyl (C=O) groups excluding carboxylic acids is 1. The van der Waals surface area contributed by atoms with Crippen molar-refractivity contribution in [2.75, 3.05) is 31.2 Å². The van der Waals surface area contributed by atoms with Crippen LogP contribution in [0, 0.1) is 0 Å². The molecule has 0 spiro atoms. The van der Waals surface area contributed by atoms with Crippen LogP contribution in [0.5, 0.6) is 0 Å². The maximum Gasteiger partial charge on any atom is 0.416 e. The first-order valence-electron chi connectivity index (χ1n) is 10.8. The number of anilines is 2. The summed E-state index contributed by atoms with van der Waals surface area (Å²) in [4.78, 5) is 27.1. The van der Waals surface area contributed by atoms with Crippen LogP contribution in [0.25, 0.3) is 22.3 Å². The monoisotopic (exact) mass is 482 g/mol. The molecule has 1 fully saturated rings. The van der Waals surface area contributed by atoms with Gasteiger partial charge < -0.3 is 16.0 Å². The second kappa shape index (κ2) is 8.62. The number of likely N-dealkylation sites (tertiary alicyclic amines) is 1. The molecule has 1 aliphatic rings. The van der Waals surface area contributed by atoms with Crippen molar-refractivity contribution < 1.29 is 18.0 Å². The van der Waals surface area contributed by atoms with Crippen molar-refractivity contribution in [1.82, 2.24) is 29.6 Å². The van der Waals surface area contributed by atoms with Crippen LogP contribution in [0.2, 0.25) is 0 Å². The lowest BCUT2D eigenvalue weighted by atomic mass is 10.1. The van der Waals surface area contributed by atoms with Gasteiger partial charge in [0, 0.05) is 30.4 Å². The molecule has 1 amide bonds. The number of alkyl halides is 3. The van der Waals surface area contributed by atoms with Crippen molar-refractivity contribution in [2.24, 2.45) is 0 Å². The molecule has 1 aliphatic heterocycles. The number of benzene rings is 1. The Bertz CT molecular complexity index is 1400. The van der Waals surface area contributed by atoms with Gasteiger partial charge in [-0.1, -0.05) is 12.1 Å². The number of rotatable bonds is 4. The van der Waals surface area contributed by atoms with E-state index in [9.17, 15) is 18.0 Å². The highest BCUT2D eigenvalue weighted by Gasteiger charge is 2.31. The average Bonchev–Trinajstić information content (AvgIpc) is 3.43. The summed E-state index contributed by atoms with van der Waals surface area (Å²) in [5.41, 5.74) is 7.47. The lowest BCUT2D eigenvalue weighted by Gasteiger charge is -2.11. The maximum absolute atomic E-state index is 12.9. The Morgan fingerprint density at radius 3 is 2.60 bits per heavy atom. The van der Waals surface area contributed by atoms with Gasteiger partial charge >= 0.3 is 6.18 Å². The minimum absolute atomic E-state index is 0.149. The van der Waals surface area contributed by atoms with Crippen LogP contribution < -0.4 is 11.1 Å². The molecule has 5 rings (SSSR count). The van der Waals surface area contributed by atoms with Gasteiger partial charge in [-0.3, -0.25) is 4.79 Å². The maximum atomic E-state index is 12.9. The molecule has 0 unspecified atom stereocenters. The lowest BCUT2D eigenvalue weighted by molar-refractivity contribution is -0.137. The van der Waals surface area contributed by atoms with E-state index < -0.39 is 17.6 Å². The highest BCUT2D eigenvalue weighted by atomic mass is 19.4. The standard InChI is InChI=1S/C23H21F3N8O/c1-33-9-7-16(11-33)34-21-18(20(27)29-12-30-21)19(32-34)13-2-4-14(5-3-13)22(35)31-17-10-15(6-8-28-17)23(24,25)26/h2-6,8,10,12,16H,7,9,11H2,1H3,(H2,27,29,30)(H,28,31,35)/t16-/m1/s1. The second-order valence-electron chi connectivity index (χ2n) is 8.41. The molecule has 4 aromatic rings. The molecule has 1 atom stereocenters. The number of hydrogen-bond acceptors (Lipinski definition) is 7. The number of nitrogens with two attached hydrogens (primary N) is 1. The summed E-state index contributed by atoms with van der Waals surface area (Å²) >= 11 is 0. The molecule has 4 heterocycles. The molecule has 180 valence electrons. The summed E-state index contributed by atoms with van der Waals surface area (Å²) in [5, 5.41) is 7.83. The van der Waals surface area contributed by atoms with Gasteiger partial charge in [-0.2, -0.15) is 18.3 Å². The van der Waals surface area contributed by atoms with E-state index in [0.717, 1.165) is 37.8 Å². The summed E-state index contributed by atoms with van der Waals surface area (Å²) < 4.78 is 40.7. The van der Waals surface area contributed by atoms with Gasteiger partial charge in [0.1, 0.15) is 23.7 Å². The third-order valence-electron chi connectivity index (χ3n) is 5.98. The van der Waals surface area contributed by atoms with Crippen LogP contribution in [0.15, 0.2) is 48.9 Å². The molecule has 3 N–H and O–H groups in total. The fourth-order valence-corrected chi connectivity index (χ4v) is 4.21. The molecule has 0 saturated carbocycles. The quantitative estimate of drug-likeness (QED) is 0.457. The van der Waals surface area contributed by atoms with Gasteiger partial charge in [-0.15, -0.1) is 0 Å². The lowest BCUT2D eigenvalue weighted by Crippen LogP contribution is -2.17. The number of amides is 1. The van der Waals surface area contributed by atoms with Gasteiger partial charge in [-0.05, 0) is 37.7 Å². The van der Waals surface area contributed by atoms with E-state index in [1.807, 2.05) is 4.68 Å². The Morgan fingerprint density at radius 1 is 1.14 bits per heavy atom. The first-order valence-corrected chi connectivity index (χ1v) is 10.8. The first kappa shape index (κ1) is 22.7. The van der Waals surface area contributed by atoms with Crippen LogP contribution in [-0.2, 0) is 6.18 Å². The molecule has 35 heavy (non-hydrogen) atoms. The third-order valence-corrected chi connectivity index (χ3v) is 5.98. The summed E-state index contributed by atoms with van der Waals surface area (Å²) in [6.45, 7) is 1.79. The van der Waals surface area contributed by atoms with E-state index in [-0.39, 0.29) is 17.4 Å². The molecule has 0 radical (unpaired) electrons. The molecule has 3 aromatic heterocycles. The number of likely N-dealkylation sites (N-methyl/N-ethyl adjacent to an activating group) is 1. The van der Waals surface area contributed by atoms with Crippen LogP contribution >= 0.6 is 0 Å². The van der Waals surface area contributed by atoms with Crippen molar-refractivity contribution in [1.29, 1.82) is 0 Å². The van der Waals surface area contributed by atoms with E-state index in [4.69, 9.17) is 10.8 Å². The number of nitrogens with zero attached hydrogens (tertiary/aromatic N) is 6. The predicted octanol–water partition coefficient (Wildman–Crippen LogP) is 3.62. The fraction of sp³-hybridized carbons (Fsp3) is 0.261. The number of fused-ring (bicyclic) bond motifs is 1. The van der Waals surface area contributed by atoms with Gasteiger partial charge in [0.15, 0.2) is 5.65 Å². The van der Waals surface area contributed by atoms with E-state index in [1.54, 1.807) is 24.3 Å². The molecule has 1 saturated heterocycles. The van der Waals surface area contributed by atoms with Gasteiger partial charge in [0.2, 0.25) is 0 Å². The molecule has 12 heteroatoms. The predicted molar refractivity (Wildman–Crippen MR) is 124 cm³/mol. The van der Waals surface area contributed by atoms with E-state index in [2.05, 4.69) is 32.2 Å². The average molecular weight is 482 g/mol. The smallest absolute Gasteiger partial charge is 0.383 e. The Balaban J connectivity index is 1.43. The van der Waals surface area contributed by atoms with E-state index in [1.165, 1.54) is 6.33 Å². The highest BCUT2D eigenvalue weighted by molar-refractivity contribution is 6.04. The van der Waals surface area contributed by atoms with Crippen molar-refractivity contribution in [3.05, 3.63) is 60.0 Å². The van der Waals surface area contributed by atoms with E-state index in [0.29, 0.717) is 28.1 Å². The zero-order valence-electron chi connectivity index (χ0n) is 18.6. The minimum atomic E-state index is -4.53.